The summed E-state index contributed by atoms with van der Waals surface area (Å²) < 4.78 is 12.3. The standard InChI is InChI=1S/C19H29BN2O3/c1-14-15(20-24-18(2,3)19(4,5)25-20)10-8-11-16(14)21-17(23)12-9-13-22(6)7/h8-12H,13H2,1-7H3,(H,21,23). The van der Waals surface area contributed by atoms with Gasteiger partial charge in [0.1, 0.15) is 0 Å². The number of benzene rings is 1. The highest BCUT2D eigenvalue weighted by molar-refractivity contribution is 6.62. The van der Waals surface area contributed by atoms with E-state index in [2.05, 4.69) is 5.32 Å². The van der Waals surface area contributed by atoms with E-state index in [1.165, 1.54) is 0 Å². The van der Waals surface area contributed by atoms with Gasteiger partial charge in [0, 0.05) is 18.3 Å². The molecule has 25 heavy (non-hydrogen) atoms. The molecule has 1 amide bonds. The van der Waals surface area contributed by atoms with Crippen molar-refractivity contribution in [3.05, 3.63) is 35.9 Å². The molecular weight excluding hydrogens is 315 g/mol. The Morgan fingerprint density at radius 1 is 1.20 bits per heavy atom. The Balaban J connectivity index is 2.15. The van der Waals surface area contributed by atoms with E-state index in [0.29, 0.717) is 0 Å². The number of carbonyl (C=O) groups excluding carboxylic acids is 1. The molecule has 0 spiro atoms. The van der Waals surface area contributed by atoms with Crippen molar-refractivity contribution in [2.75, 3.05) is 26.0 Å². The molecule has 1 N–H and O–H groups in total. The predicted octanol–water partition coefficient (Wildman–Crippen LogP) is 2.35. The van der Waals surface area contributed by atoms with Gasteiger partial charge in [0.2, 0.25) is 5.91 Å². The molecular formula is C19H29BN2O3. The first-order chi connectivity index (χ1) is 11.5. The maximum atomic E-state index is 12.1. The Hall–Kier alpha value is -1.63. The fourth-order valence-electron chi connectivity index (χ4n) is 2.56. The van der Waals surface area contributed by atoms with Crippen LogP contribution in [0.3, 0.4) is 0 Å². The first kappa shape index (κ1) is 19.7. The highest BCUT2D eigenvalue weighted by Crippen LogP contribution is 2.36. The van der Waals surface area contributed by atoms with Crippen molar-refractivity contribution in [3.63, 3.8) is 0 Å². The van der Waals surface area contributed by atoms with Crippen LogP contribution < -0.4 is 10.8 Å². The fourth-order valence-corrected chi connectivity index (χ4v) is 2.56. The largest absolute Gasteiger partial charge is 0.495 e. The molecule has 1 heterocycles. The lowest BCUT2D eigenvalue weighted by molar-refractivity contribution is -0.111. The Labute approximate surface area is 151 Å². The minimum Gasteiger partial charge on any atom is -0.399 e. The Morgan fingerprint density at radius 3 is 2.36 bits per heavy atom. The second kappa shape index (κ2) is 7.32. The van der Waals surface area contributed by atoms with Crippen LogP contribution in [0.2, 0.25) is 0 Å². The number of nitrogens with zero attached hydrogens (tertiary/aromatic N) is 1. The van der Waals surface area contributed by atoms with E-state index >= 15 is 0 Å². The van der Waals surface area contributed by atoms with Gasteiger partial charge in [0.05, 0.1) is 11.2 Å². The zero-order chi connectivity index (χ0) is 18.8. The predicted molar refractivity (Wildman–Crippen MR) is 103 cm³/mol. The summed E-state index contributed by atoms with van der Waals surface area (Å²) in [5.41, 5.74) is 1.88. The van der Waals surface area contributed by atoms with Gasteiger partial charge < -0.3 is 19.5 Å². The molecule has 1 aromatic rings. The summed E-state index contributed by atoms with van der Waals surface area (Å²) in [6.45, 7) is 10.8. The van der Waals surface area contributed by atoms with Crippen molar-refractivity contribution in [1.29, 1.82) is 0 Å². The average molecular weight is 344 g/mol. The molecule has 6 heteroatoms. The van der Waals surface area contributed by atoms with Crippen LogP contribution in [-0.4, -0.2) is 49.8 Å². The molecule has 0 atom stereocenters. The number of hydrogen-bond donors (Lipinski definition) is 1. The summed E-state index contributed by atoms with van der Waals surface area (Å²) in [6, 6.07) is 5.78. The van der Waals surface area contributed by atoms with Crippen LogP contribution in [0.25, 0.3) is 0 Å². The molecule has 0 aromatic heterocycles. The zero-order valence-corrected chi connectivity index (χ0v) is 16.3. The fraction of sp³-hybridized carbons (Fsp3) is 0.526. The zero-order valence-electron chi connectivity index (χ0n) is 16.3. The molecule has 136 valence electrons. The Bertz CT molecular complexity index is 653. The smallest absolute Gasteiger partial charge is 0.399 e. The van der Waals surface area contributed by atoms with Gasteiger partial charge in [-0.15, -0.1) is 0 Å². The molecule has 0 radical (unpaired) electrons. The van der Waals surface area contributed by atoms with E-state index in [0.717, 1.165) is 23.3 Å². The van der Waals surface area contributed by atoms with Gasteiger partial charge in [-0.3, -0.25) is 4.79 Å². The average Bonchev–Trinajstić information content (AvgIpc) is 2.69. The molecule has 0 bridgehead atoms. The lowest BCUT2D eigenvalue weighted by atomic mass is 9.76. The van der Waals surface area contributed by atoms with Gasteiger partial charge in [0.15, 0.2) is 0 Å². The van der Waals surface area contributed by atoms with E-state index in [1.807, 2.05) is 77.9 Å². The molecule has 0 saturated carbocycles. The molecule has 1 fully saturated rings. The third kappa shape index (κ3) is 4.51. The minimum absolute atomic E-state index is 0.143. The number of amides is 1. The number of carbonyl (C=O) groups is 1. The van der Waals surface area contributed by atoms with Gasteiger partial charge in [-0.05, 0) is 65.8 Å². The van der Waals surface area contributed by atoms with Crippen LogP contribution >= 0.6 is 0 Å². The van der Waals surface area contributed by atoms with E-state index in [4.69, 9.17) is 9.31 Å². The first-order valence-electron chi connectivity index (χ1n) is 8.61. The molecule has 5 nitrogen and oxygen atoms in total. The van der Waals surface area contributed by atoms with Crippen LogP contribution in [0.1, 0.15) is 33.3 Å². The summed E-state index contributed by atoms with van der Waals surface area (Å²) in [5, 5.41) is 2.93. The van der Waals surface area contributed by atoms with E-state index in [1.54, 1.807) is 6.08 Å². The number of likely N-dealkylation sites (N-methyl/N-ethyl adjacent to an activating group) is 1. The normalized spacial score (nSPS) is 19.0. The molecule has 0 aliphatic carbocycles. The molecule has 1 saturated heterocycles. The van der Waals surface area contributed by atoms with Gasteiger partial charge in [-0.2, -0.15) is 0 Å². The molecule has 1 aromatic carbocycles. The summed E-state index contributed by atoms with van der Waals surface area (Å²) in [7, 11) is 3.48. The number of nitrogens with one attached hydrogen (secondary N) is 1. The van der Waals surface area contributed by atoms with E-state index in [-0.39, 0.29) is 5.91 Å². The van der Waals surface area contributed by atoms with Crippen molar-refractivity contribution in [2.24, 2.45) is 0 Å². The van der Waals surface area contributed by atoms with Crippen molar-refractivity contribution < 1.29 is 14.1 Å². The van der Waals surface area contributed by atoms with Crippen molar-refractivity contribution >= 4 is 24.2 Å². The Morgan fingerprint density at radius 2 is 1.80 bits per heavy atom. The lowest BCUT2D eigenvalue weighted by Crippen LogP contribution is -2.41. The lowest BCUT2D eigenvalue weighted by Gasteiger charge is -2.32. The molecule has 0 unspecified atom stereocenters. The molecule has 1 aliphatic rings. The van der Waals surface area contributed by atoms with Gasteiger partial charge >= 0.3 is 7.12 Å². The van der Waals surface area contributed by atoms with E-state index < -0.39 is 18.3 Å². The van der Waals surface area contributed by atoms with Gasteiger partial charge in [-0.25, -0.2) is 0 Å². The highest BCUT2D eigenvalue weighted by Gasteiger charge is 2.52. The van der Waals surface area contributed by atoms with Crippen LogP contribution in [0.4, 0.5) is 5.69 Å². The SMILES string of the molecule is Cc1c(NC(=O)C=CCN(C)C)cccc1B1OC(C)(C)C(C)(C)O1. The van der Waals surface area contributed by atoms with Crippen LogP contribution in [-0.2, 0) is 14.1 Å². The van der Waals surface area contributed by atoms with Crippen LogP contribution in [0.5, 0.6) is 0 Å². The quantitative estimate of drug-likeness (QED) is 0.658. The van der Waals surface area contributed by atoms with Crippen molar-refractivity contribution in [3.8, 4) is 0 Å². The van der Waals surface area contributed by atoms with Crippen LogP contribution in [0, 0.1) is 6.92 Å². The van der Waals surface area contributed by atoms with Crippen LogP contribution in [0.15, 0.2) is 30.4 Å². The number of anilines is 1. The maximum Gasteiger partial charge on any atom is 0.495 e. The Kier molecular flexibility index (Phi) is 5.77. The monoisotopic (exact) mass is 344 g/mol. The molecule has 2 rings (SSSR count). The maximum absolute atomic E-state index is 12.1. The van der Waals surface area contributed by atoms with E-state index in [9.17, 15) is 4.79 Å². The summed E-state index contributed by atoms with van der Waals surface area (Å²) in [6.07, 6.45) is 3.39. The summed E-state index contributed by atoms with van der Waals surface area (Å²) >= 11 is 0. The summed E-state index contributed by atoms with van der Waals surface area (Å²) in [4.78, 5) is 14.1. The highest BCUT2D eigenvalue weighted by atomic mass is 16.7. The third-order valence-corrected chi connectivity index (χ3v) is 4.88. The van der Waals surface area contributed by atoms with Gasteiger partial charge in [0.25, 0.3) is 0 Å². The minimum atomic E-state index is -0.439. The number of hydrogen-bond acceptors (Lipinski definition) is 4. The second-order valence-corrected chi connectivity index (χ2v) is 7.76. The number of rotatable bonds is 5. The topological polar surface area (TPSA) is 50.8 Å². The third-order valence-electron chi connectivity index (χ3n) is 4.88. The summed E-state index contributed by atoms with van der Waals surface area (Å²) in [5.74, 6) is -0.143. The van der Waals surface area contributed by atoms with Crippen molar-refractivity contribution in [1.82, 2.24) is 4.90 Å². The molecule has 1 aliphatic heterocycles. The first-order valence-corrected chi connectivity index (χ1v) is 8.61. The van der Waals surface area contributed by atoms with Gasteiger partial charge in [-0.1, -0.05) is 18.2 Å². The second-order valence-electron chi connectivity index (χ2n) is 7.76. The van der Waals surface area contributed by atoms with Crippen molar-refractivity contribution in [2.45, 2.75) is 45.8 Å².